The molecular formula is C15H20N2O2S. The van der Waals surface area contributed by atoms with E-state index in [4.69, 9.17) is 5.26 Å². The molecule has 1 aliphatic carbocycles. The molecule has 0 saturated heterocycles. The number of nitriles is 1. The van der Waals surface area contributed by atoms with Gasteiger partial charge in [-0.05, 0) is 55.4 Å². The first-order valence-corrected chi connectivity index (χ1v) is 8.25. The third-order valence-electron chi connectivity index (χ3n) is 3.92. The lowest BCUT2D eigenvalue weighted by molar-refractivity contribution is 0.372. The average Bonchev–Trinajstić information content (AvgIpc) is 2.67. The molecule has 20 heavy (non-hydrogen) atoms. The van der Waals surface area contributed by atoms with E-state index in [1.54, 1.807) is 19.1 Å². The van der Waals surface area contributed by atoms with Gasteiger partial charge in [0, 0.05) is 6.04 Å². The summed E-state index contributed by atoms with van der Waals surface area (Å²) in [5.41, 5.74) is 1.39. The largest absolute Gasteiger partial charge is 0.240 e. The Balaban J connectivity index is 2.19. The molecule has 1 aromatic rings. The number of hydrogen-bond donors (Lipinski definition) is 1. The fourth-order valence-electron chi connectivity index (χ4n) is 2.75. The van der Waals surface area contributed by atoms with E-state index in [1.165, 1.54) is 6.07 Å². The molecule has 4 nitrogen and oxygen atoms in total. The highest BCUT2D eigenvalue weighted by molar-refractivity contribution is 7.89. The van der Waals surface area contributed by atoms with Gasteiger partial charge in [-0.3, -0.25) is 0 Å². The van der Waals surface area contributed by atoms with Crippen LogP contribution in [-0.2, 0) is 10.0 Å². The topological polar surface area (TPSA) is 70.0 Å². The molecule has 1 saturated carbocycles. The number of rotatable bonds is 3. The lowest BCUT2D eigenvalue weighted by Crippen LogP contribution is -2.33. The number of aryl methyl sites for hydroxylation is 1. The van der Waals surface area contributed by atoms with E-state index in [2.05, 4.69) is 18.6 Å². The Morgan fingerprint density at radius 1 is 1.40 bits per heavy atom. The van der Waals surface area contributed by atoms with Crippen LogP contribution in [0.5, 0.6) is 0 Å². The van der Waals surface area contributed by atoms with Crippen molar-refractivity contribution in [1.29, 1.82) is 5.26 Å². The summed E-state index contributed by atoms with van der Waals surface area (Å²) in [6.07, 6.45) is 2.77. The Morgan fingerprint density at radius 2 is 2.10 bits per heavy atom. The van der Waals surface area contributed by atoms with Crippen molar-refractivity contribution in [2.24, 2.45) is 5.41 Å². The summed E-state index contributed by atoms with van der Waals surface area (Å²) in [7, 11) is -3.50. The molecule has 0 heterocycles. The van der Waals surface area contributed by atoms with Crippen LogP contribution in [0.15, 0.2) is 23.1 Å². The van der Waals surface area contributed by atoms with E-state index in [9.17, 15) is 8.42 Å². The van der Waals surface area contributed by atoms with Crippen molar-refractivity contribution in [3.63, 3.8) is 0 Å². The van der Waals surface area contributed by atoms with Crippen molar-refractivity contribution in [3.05, 3.63) is 29.3 Å². The van der Waals surface area contributed by atoms with Gasteiger partial charge in [0.15, 0.2) is 0 Å². The molecule has 1 unspecified atom stereocenters. The first-order chi connectivity index (χ1) is 9.23. The van der Waals surface area contributed by atoms with Gasteiger partial charge in [0.25, 0.3) is 0 Å². The molecule has 0 radical (unpaired) electrons. The SMILES string of the molecule is Cc1cc(S(=O)(=O)NC2CCC(C)(C)C2)ccc1C#N. The minimum Gasteiger partial charge on any atom is -0.208 e. The summed E-state index contributed by atoms with van der Waals surface area (Å²) >= 11 is 0. The zero-order valence-electron chi connectivity index (χ0n) is 12.1. The van der Waals surface area contributed by atoms with Crippen LogP contribution in [0, 0.1) is 23.7 Å². The van der Waals surface area contributed by atoms with Gasteiger partial charge in [-0.1, -0.05) is 13.8 Å². The molecule has 1 fully saturated rings. The van der Waals surface area contributed by atoms with Gasteiger partial charge >= 0.3 is 0 Å². The van der Waals surface area contributed by atoms with E-state index in [0.717, 1.165) is 19.3 Å². The van der Waals surface area contributed by atoms with Crippen LogP contribution < -0.4 is 4.72 Å². The summed E-state index contributed by atoms with van der Waals surface area (Å²) in [5, 5.41) is 8.88. The van der Waals surface area contributed by atoms with Crippen molar-refractivity contribution in [2.45, 2.75) is 51.0 Å². The molecule has 5 heteroatoms. The monoisotopic (exact) mass is 292 g/mol. The predicted octanol–water partition coefficient (Wildman–Crippen LogP) is 2.72. The molecular weight excluding hydrogens is 272 g/mol. The van der Waals surface area contributed by atoms with E-state index in [0.29, 0.717) is 11.1 Å². The van der Waals surface area contributed by atoms with Crippen molar-refractivity contribution >= 4 is 10.0 Å². The van der Waals surface area contributed by atoms with Crippen molar-refractivity contribution in [1.82, 2.24) is 4.72 Å². The van der Waals surface area contributed by atoms with Crippen molar-refractivity contribution in [2.75, 3.05) is 0 Å². The van der Waals surface area contributed by atoms with Crippen LogP contribution in [0.1, 0.15) is 44.2 Å². The number of nitrogens with one attached hydrogen (secondary N) is 1. The van der Waals surface area contributed by atoms with Gasteiger partial charge < -0.3 is 0 Å². The van der Waals surface area contributed by atoms with E-state index >= 15 is 0 Å². The van der Waals surface area contributed by atoms with Crippen LogP contribution in [0.3, 0.4) is 0 Å². The zero-order chi connectivity index (χ0) is 15.0. The average molecular weight is 292 g/mol. The minimum absolute atomic E-state index is 0.00551. The Morgan fingerprint density at radius 3 is 2.60 bits per heavy atom. The van der Waals surface area contributed by atoms with Crippen molar-refractivity contribution in [3.8, 4) is 6.07 Å². The van der Waals surface area contributed by atoms with Crippen LogP contribution in [0.2, 0.25) is 0 Å². The highest BCUT2D eigenvalue weighted by Crippen LogP contribution is 2.37. The van der Waals surface area contributed by atoms with Gasteiger partial charge in [0.05, 0.1) is 16.5 Å². The first kappa shape index (κ1) is 15.0. The second kappa shape index (κ2) is 5.19. The molecule has 1 aromatic carbocycles. The van der Waals surface area contributed by atoms with Gasteiger partial charge in [0.2, 0.25) is 10.0 Å². The normalized spacial score (nSPS) is 21.6. The van der Waals surface area contributed by atoms with Gasteiger partial charge in [-0.2, -0.15) is 5.26 Å². The Hall–Kier alpha value is -1.38. The molecule has 0 bridgehead atoms. The first-order valence-electron chi connectivity index (χ1n) is 6.77. The summed E-state index contributed by atoms with van der Waals surface area (Å²) in [5.74, 6) is 0. The predicted molar refractivity (Wildman–Crippen MR) is 77.6 cm³/mol. The van der Waals surface area contributed by atoms with Gasteiger partial charge in [-0.25, -0.2) is 13.1 Å². The highest BCUT2D eigenvalue weighted by Gasteiger charge is 2.33. The third kappa shape index (κ3) is 3.20. The molecule has 1 atom stereocenters. The number of sulfonamides is 1. The summed E-state index contributed by atoms with van der Waals surface area (Å²) < 4.78 is 27.5. The quantitative estimate of drug-likeness (QED) is 0.931. The Bertz CT molecular complexity index is 657. The maximum Gasteiger partial charge on any atom is 0.240 e. The molecule has 0 aliphatic heterocycles. The lowest BCUT2D eigenvalue weighted by Gasteiger charge is -2.18. The fourth-order valence-corrected chi connectivity index (χ4v) is 4.11. The molecule has 1 N–H and O–H groups in total. The highest BCUT2D eigenvalue weighted by atomic mass is 32.2. The molecule has 2 rings (SSSR count). The second-order valence-electron chi connectivity index (χ2n) is 6.31. The number of benzene rings is 1. The molecule has 0 aromatic heterocycles. The maximum atomic E-state index is 12.4. The maximum absolute atomic E-state index is 12.4. The standard InChI is InChI=1S/C15H20N2O2S/c1-11-8-14(5-4-12(11)10-16)20(18,19)17-13-6-7-15(2,3)9-13/h4-5,8,13,17H,6-7,9H2,1-3H3. The third-order valence-corrected chi connectivity index (χ3v) is 5.44. The van der Waals surface area contributed by atoms with Crippen LogP contribution in [0.25, 0.3) is 0 Å². The zero-order valence-corrected chi connectivity index (χ0v) is 12.9. The second-order valence-corrected chi connectivity index (χ2v) is 8.03. The van der Waals surface area contributed by atoms with Crippen molar-refractivity contribution < 1.29 is 8.42 Å². The molecule has 108 valence electrons. The Kier molecular flexibility index (Phi) is 3.90. The minimum atomic E-state index is -3.50. The van der Waals surface area contributed by atoms with Crippen LogP contribution in [-0.4, -0.2) is 14.5 Å². The molecule has 1 aliphatic rings. The lowest BCUT2D eigenvalue weighted by atomic mass is 9.92. The summed E-state index contributed by atoms with van der Waals surface area (Å²) in [4.78, 5) is 0.235. The summed E-state index contributed by atoms with van der Waals surface area (Å²) in [6.45, 7) is 6.07. The summed E-state index contributed by atoms with van der Waals surface area (Å²) in [6, 6.07) is 6.66. The smallest absolute Gasteiger partial charge is 0.208 e. The molecule has 0 spiro atoms. The van der Waals surface area contributed by atoms with Crippen LogP contribution >= 0.6 is 0 Å². The fraction of sp³-hybridized carbons (Fsp3) is 0.533. The van der Waals surface area contributed by atoms with E-state index in [1.807, 2.05) is 6.07 Å². The van der Waals surface area contributed by atoms with Crippen LogP contribution in [0.4, 0.5) is 0 Å². The van der Waals surface area contributed by atoms with Gasteiger partial charge in [0.1, 0.15) is 0 Å². The van der Waals surface area contributed by atoms with E-state index < -0.39 is 10.0 Å². The Labute approximate surface area is 120 Å². The van der Waals surface area contributed by atoms with E-state index in [-0.39, 0.29) is 16.4 Å². The molecule has 0 amide bonds. The number of hydrogen-bond acceptors (Lipinski definition) is 3. The number of nitrogens with zero attached hydrogens (tertiary/aromatic N) is 1. The van der Waals surface area contributed by atoms with Gasteiger partial charge in [-0.15, -0.1) is 0 Å².